The Morgan fingerprint density at radius 2 is 1.43 bits per heavy atom. The molecule has 2 N–H and O–H groups in total. The molecule has 8 heteroatoms. The lowest BCUT2D eigenvalue weighted by molar-refractivity contribution is -0.153. The average Bonchev–Trinajstić information content (AvgIpc) is 2.88. The summed E-state index contributed by atoms with van der Waals surface area (Å²) < 4.78 is 15.9. The molecular formula is C27H28N2O6. The first-order valence-corrected chi connectivity index (χ1v) is 11.2. The van der Waals surface area contributed by atoms with Crippen LogP contribution in [0.1, 0.15) is 22.8 Å². The van der Waals surface area contributed by atoms with Crippen molar-refractivity contribution in [1.82, 2.24) is 10.6 Å². The van der Waals surface area contributed by atoms with E-state index in [0.29, 0.717) is 30.0 Å². The van der Waals surface area contributed by atoms with E-state index in [1.165, 1.54) is 6.92 Å². The van der Waals surface area contributed by atoms with Crippen LogP contribution in [0.2, 0.25) is 0 Å². The fraction of sp³-hybridized carbons (Fsp3) is 0.222. The maximum absolute atomic E-state index is 12.3. The van der Waals surface area contributed by atoms with Crippen LogP contribution in [0, 0.1) is 0 Å². The van der Waals surface area contributed by atoms with Crippen molar-refractivity contribution in [3.05, 3.63) is 90.0 Å². The first-order chi connectivity index (χ1) is 16.9. The molecule has 3 aromatic rings. The van der Waals surface area contributed by atoms with Gasteiger partial charge in [0.2, 0.25) is 0 Å². The van der Waals surface area contributed by atoms with Gasteiger partial charge in [-0.05, 0) is 67.4 Å². The highest BCUT2D eigenvalue weighted by Crippen LogP contribution is 2.21. The van der Waals surface area contributed by atoms with E-state index in [1.54, 1.807) is 31.4 Å². The molecule has 0 radical (unpaired) electrons. The Morgan fingerprint density at radius 3 is 2.09 bits per heavy atom. The molecule has 8 nitrogen and oxygen atoms in total. The number of amides is 2. The van der Waals surface area contributed by atoms with Gasteiger partial charge in [0.05, 0.1) is 7.11 Å². The molecule has 35 heavy (non-hydrogen) atoms. The van der Waals surface area contributed by atoms with Gasteiger partial charge in [-0.1, -0.05) is 30.3 Å². The predicted molar refractivity (Wildman–Crippen MR) is 131 cm³/mol. The van der Waals surface area contributed by atoms with Gasteiger partial charge in [0, 0.05) is 12.1 Å². The van der Waals surface area contributed by atoms with Crippen LogP contribution in [0.3, 0.4) is 0 Å². The van der Waals surface area contributed by atoms with Crippen molar-refractivity contribution >= 4 is 17.8 Å². The molecule has 1 unspecified atom stereocenters. The van der Waals surface area contributed by atoms with Gasteiger partial charge in [-0.2, -0.15) is 0 Å². The van der Waals surface area contributed by atoms with Crippen molar-refractivity contribution in [1.29, 1.82) is 0 Å². The van der Waals surface area contributed by atoms with E-state index in [0.717, 1.165) is 11.3 Å². The molecule has 0 heterocycles. The van der Waals surface area contributed by atoms with Crippen molar-refractivity contribution in [3.63, 3.8) is 0 Å². The van der Waals surface area contributed by atoms with Crippen LogP contribution in [0.5, 0.6) is 17.2 Å². The first-order valence-electron chi connectivity index (χ1n) is 11.2. The molecule has 3 aromatic carbocycles. The number of benzene rings is 3. The summed E-state index contributed by atoms with van der Waals surface area (Å²) in [6, 6.07) is 23.3. The van der Waals surface area contributed by atoms with Gasteiger partial charge < -0.3 is 24.8 Å². The van der Waals surface area contributed by atoms with Crippen LogP contribution in [0.4, 0.5) is 0 Å². The third kappa shape index (κ3) is 8.19. The van der Waals surface area contributed by atoms with Crippen molar-refractivity contribution in [2.24, 2.45) is 0 Å². The first kappa shape index (κ1) is 25.3. The molecule has 0 saturated heterocycles. The topological polar surface area (TPSA) is 103 Å². The lowest BCUT2D eigenvalue weighted by atomic mass is 10.1. The molecule has 0 saturated carbocycles. The standard InChI is InChI=1S/C27H28N2O6/c1-19(26(31)28-17-16-20-8-12-22(33-2)13-9-20)34-25(30)18-29-27(32)21-10-14-24(15-11-21)35-23-6-4-3-5-7-23/h3-15,19H,16-18H2,1-2H3,(H,28,31)(H,29,32). The Morgan fingerprint density at radius 1 is 0.800 bits per heavy atom. The molecule has 0 aliphatic carbocycles. The molecular weight excluding hydrogens is 448 g/mol. The van der Waals surface area contributed by atoms with Crippen molar-refractivity contribution in [3.8, 4) is 17.2 Å². The fourth-order valence-corrected chi connectivity index (χ4v) is 3.11. The summed E-state index contributed by atoms with van der Waals surface area (Å²) in [7, 11) is 1.60. The Balaban J connectivity index is 1.36. The van der Waals surface area contributed by atoms with E-state index in [2.05, 4.69) is 10.6 Å². The number of hydrogen-bond donors (Lipinski definition) is 2. The second kappa shape index (κ2) is 12.8. The second-order valence-electron chi connectivity index (χ2n) is 7.64. The highest BCUT2D eigenvalue weighted by Gasteiger charge is 2.18. The van der Waals surface area contributed by atoms with Gasteiger partial charge in [-0.15, -0.1) is 0 Å². The zero-order valence-electron chi connectivity index (χ0n) is 19.7. The van der Waals surface area contributed by atoms with Gasteiger partial charge in [0.1, 0.15) is 23.8 Å². The number of esters is 1. The number of carbonyl (C=O) groups excluding carboxylic acids is 3. The zero-order chi connectivity index (χ0) is 25.0. The number of methoxy groups -OCH3 is 1. The highest BCUT2D eigenvalue weighted by atomic mass is 16.5. The van der Waals surface area contributed by atoms with Crippen LogP contribution in [0.25, 0.3) is 0 Å². The van der Waals surface area contributed by atoms with E-state index in [9.17, 15) is 14.4 Å². The third-order valence-corrected chi connectivity index (χ3v) is 5.04. The highest BCUT2D eigenvalue weighted by molar-refractivity contribution is 5.96. The third-order valence-electron chi connectivity index (χ3n) is 5.04. The molecule has 3 rings (SSSR count). The van der Waals surface area contributed by atoms with Crippen molar-refractivity contribution < 1.29 is 28.6 Å². The molecule has 0 aliphatic rings. The van der Waals surface area contributed by atoms with Gasteiger partial charge in [-0.25, -0.2) is 0 Å². The molecule has 0 spiro atoms. The maximum atomic E-state index is 12.3. The van der Waals surface area contributed by atoms with E-state index in [1.807, 2.05) is 54.6 Å². The van der Waals surface area contributed by atoms with Gasteiger partial charge in [-0.3, -0.25) is 14.4 Å². The lowest BCUT2D eigenvalue weighted by Gasteiger charge is -2.14. The van der Waals surface area contributed by atoms with Crippen molar-refractivity contribution in [2.75, 3.05) is 20.2 Å². The molecule has 1 atom stereocenters. The molecule has 0 bridgehead atoms. The molecule has 182 valence electrons. The largest absolute Gasteiger partial charge is 0.497 e. The Bertz CT molecular complexity index is 1110. The van der Waals surface area contributed by atoms with E-state index >= 15 is 0 Å². The summed E-state index contributed by atoms with van der Waals surface area (Å²) in [5.74, 6) is 0.474. The van der Waals surface area contributed by atoms with E-state index in [4.69, 9.17) is 14.2 Å². The van der Waals surface area contributed by atoms with E-state index < -0.39 is 23.9 Å². The Labute approximate surface area is 204 Å². The molecule has 2 amide bonds. The monoisotopic (exact) mass is 476 g/mol. The average molecular weight is 477 g/mol. The summed E-state index contributed by atoms with van der Waals surface area (Å²) in [6.45, 7) is 1.52. The second-order valence-corrected chi connectivity index (χ2v) is 7.64. The number of nitrogens with one attached hydrogen (secondary N) is 2. The van der Waals surface area contributed by atoms with Gasteiger partial charge in [0.25, 0.3) is 11.8 Å². The van der Waals surface area contributed by atoms with Crippen LogP contribution in [0.15, 0.2) is 78.9 Å². The number of hydrogen-bond acceptors (Lipinski definition) is 6. The minimum absolute atomic E-state index is 0.357. The zero-order valence-corrected chi connectivity index (χ0v) is 19.7. The summed E-state index contributed by atoms with van der Waals surface area (Å²) >= 11 is 0. The Hall–Kier alpha value is -4.33. The van der Waals surface area contributed by atoms with E-state index in [-0.39, 0.29) is 6.54 Å². The maximum Gasteiger partial charge on any atom is 0.326 e. The minimum atomic E-state index is -0.982. The molecule has 0 aliphatic heterocycles. The van der Waals surface area contributed by atoms with Crippen LogP contribution in [-0.4, -0.2) is 44.1 Å². The fourth-order valence-electron chi connectivity index (χ4n) is 3.11. The quantitative estimate of drug-likeness (QED) is 0.411. The Kier molecular flexibility index (Phi) is 9.24. The summed E-state index contributed by atoms with van der Waals surface area (Å²) in [6.07, 6.45) is -0.355. The van der Waals surface area contributed by atoms with Crippen molar-refractivity contribution in [2.45, 2.75) is 19.4 Å². The van der Waals surface area contributed by atoms with Gasteiger partial charge in [0.15, 0.2) is 6.10 Å². The summed E-state index contributed by atoms with van der Waals surface area (Å²) in [4.78, 5) is 36.5. The summed E-state index contributed by atoms with van der Waals surface area (Å²) in [5.41, 5.74) is 1.40. The minimum Gasteiger partial charge on any atom is -0.497 e. The van der Waals surface area contributed by atoms with Crippen LogP contribution < -0.4 is 20.1 Å². The predicted octanol–water partition coefficient (Wildman–Crippen LogP) is 3.51. The normalized spacial score (nSPS) is 11.1. The smallest absolute Gasteiger partial charge is 0.326 e. The number of ether oxygens (including phenoxy) is 3. The molecule has 0 fully saturated rings. The lowest BCUT2D eigenvalue weighted by Crippen LogP contribution is -2.39. The molecule has 0 aromatic heterocycles. The van der Waals surface area contributed by atoms with Gasteiger partial charge >= 0.3 is 5.97 Å². The number of para-hydroxylation sites is 1. The van der Waals surface area contributed by atoms with Crippen LogP contribution >= 0.6 is 0 Å². The van der Waals surface area contributed by atoms with Crippen LogP contribution in [-0.2, 0) is 20.7 Å². The SMILES string of the molecule is COc1ccc(CCNC(=O)C(C)OC(=O)CNC(=O)c2ccc(Oc3ccccc3)cc2)cc1. The number of rotatable bonds is 11. The number of carbonyl (C=O) groups is 3. The summed E-state index contributed by atoms with van der Waals surface area (Å²) in [5, 5.41) is 5.22.